The molecule has 0 amide bonds. The van der Waals surface area contributed by atoms with Gasteiger partial charge in [-0.3, -0.25) is 0 Å². The fourth-order valence-corrected chi connectivity index (χ4v) is 2.18. The molecular formula is C12H26S. The normalized spacial score (nSPS) is 20.8. The maximum atomic E-state index is 4.36. The molecule has 3 atom stereocenters. The van der Waals surface area contributed by atoms with Gasteiger partial charge in [0.25, 0.3) is 0 Å². The molecule has 1 heteroatoms. The van der Waals surface area contributed by atoms with Crippen molar-refractivity contribution in [1.82, 2.24) is 0 Å². The standard InChI is InChI=1S/C12H26S/c1-6-11(4)12(5,7-2)8-10(3)9-13/h10-11,13H,6-9H2,1-5H3/t10-,11?,12?/m1/s1. The van der Waals surface area contributed by atoms with E-state index in [0.29, 0.717) is 5.41 Å². The predicted molar refractivity (Wildman–Crippen MR) is 65.5 cm³/mol. The molecule has 0 N–H and O–H groups in total. The summed E-state index contributed by atoms with van der Waals surface area (Å²) in [5, 5.41) is 0. The molecule has 0 rings (SSSR count). The van der Waals surface area contributed by atoms with E-state index in [9.17, 15) is 0 Å². The largest absolute Gasteiger partial charge is 0.179 e. The Labute approximate surface area is 89.9 Å². The lowest BCUT2D eigenvalue weighted by molar-refractivity contribution is 0.149. The summed E-state index contributed by atoms with van der Waals surface area (Å²) in [5.74, 6) is 2.61. The first-order chi connectivity index (χ1) is 6.00. The molecule has 0 aromatic carbocycles. The minimum atomic E-state index is 0.525. The van der Waals surface area contributed by atoms with Gasteiger partial charge >= 0.3 is 0 Å². The number of hydrogen-bond acceptors (Lipinski definition) is 1. The Morgan fingerprint density at radius 2 is 1.77 bits per heavy atom. The molecule has 0 aliphatic carbocycles. The van der Waals surface area contributed by atoms with Crippen LogP contribution in [0.2, 0.25) is 0 Å². The monoisotopic (exact) mass is 202 g/mol. The second kappa shape index (κ2) is 5.95. The lowest BCUT2D eigenvalue weighted by atomic mass is 9.70. The van der Waals surface area contributed by atoms with Crippen molar-refractivity contribution in [1.29, 1.82) is 0 Å². The summed E-state index contributed by atoms with van der Waals surface area (Å²) < 4.78 is 0. The fraction of sp³-hybridized carbons (Fsp3) is 1.00. The molecule has 0 nitrogen and oxygen atoms in total. The van der Waals surface area contributed by atoms with Gasteiger partial charge in [-0.25, -0.2) is 0 Å². The number of hydrogen-bond donors (Lipinski definition) is 1. The van der Waals surface area contributed by atoms with Gasteiger partial charge in [0.2, 0.25) is 0 Å². The number of rotatable bonds is 6. The van der Waals surface area contributed by atoms with Gasteiger partial charge in [0, 0.05) is 0 Å². The van der Waals surface area contributed by atoms with Crippen LogP contribution >= 0.6 is 12.6 Å². The Balaban J connectivity index is 4.26. The van der Waals surface area contributed by atoms with E-state index in [1.54, 1.807) is 0 Å². The maximum Gasteiger partial charge on any atom is -0.00719 e. The molecule has 0 saturated carbocycles. The van der Waals surface area contributed by atoms with E-state index < -0.39 is 0 Å². The fourth-order valence-electron chi connectivity index (χ4n) is 2.05. The molecular weight excluding hydrogens is 176 g/mol. The Hall–Kier alpha value is 0.350. The minimum Gasteiger partial charge on any atom is -0.179 e. The van der Waals surface area contributed by atoms with Crippen molar-refractivity contribution in [3.8, 4) is 0 Å². The molecule has 13 heavy (non-hydrogen) atoms. The zero-order chi connectivity index (χ0) is 10.5. The molecule has 0 aromatic rings. The molecule has 0 aliphatic heterocycles. The maximum absolute atomic E-state index is 4.36. The lowest BCUT2D eigenvalue weighted by Crippen LogP contribution is -2.27. The summed E-state index contributed by atoms with van der Waals surface area (Å²) in [6.07, 6.45) is 3.91. The summed E-state index contributed by atoms with van der Waals surface area (Å²) in [6, 6.07) is 0. The molecule has 80 valence electrons. The molecule has 0 radical (unpaired) electrons. The van der Waals surface area contributed by atoms with E-state index in [-0.39, 0.29) is 0 Å². The summed E-state index contributed by atoms with van der Waals surface area (Å²) in [7, 11) is 0. The Morgan fingerprint density at radius 1 is 1.23 bits per heavy atom. The highest BCUT2D eigenvalue weighted by Crippen LogP contribution is 2.39. The molecule has 0 fully saturated rings. The van der Waals surface area contributed by atoms with Crippen LogP contribution in [0.25, 0.3) is 0 Å². The molecule has 0 aliphatic rings. The first-order valence-electron chi connectivity index (χ1n) is 5.61. The van der Waals surface area contributed by atoms with Crippen LogP contribution in [0.5, 0.6) is 0 Å². The highest BCUT2D eigenvalue weighted by atomic mass is 32.1. The van der Waals surface area contributed by atoms with Gasteiger partial charge in [-0.15, -0.1) is 0 Å². The third-order valence-corrected chi connectivity index (χ3v) is 4.36. The highest BCUT2D eigenvalue weighted by Gasteiger charge is 2.29. The summed E-state index contributed by atoms with van der Waals surface area (Å²) in [5.41, 5.74) is 0.525. The van der Waals surface area contributed by atoms with E-state index in [1.165, 1.54) is 19.3 Å². The van der Waals surface area contributed by atoms with Gasteiger partial charge in [0.15, 0.2) is 0 Å². The zero-order valence-electron chi connectivity index (χ0n) is 9.93. The minimum absolute atomic E-state index is 0.525. The molecule has 0 heterocycles. The Morgan fingerprint density at radius 3 is 2.08 bits per heavy atom. The summed E-state index contributed by atoms with van der Waals surface area (Å²) >= 11 is 4.36. The van der Waals surface area contributed by atoms with Crippen molar-refractivity contribution in [2.24, 2.45) is 17.3 Å². The van der Waals surface area contributed by atoms with Crippen molar-refractivity contribution in [2.75, 3.05) is 5.75 Å². The summed E-state index contributed by atoms with van der Waals surface area (Å²) in [6.45, 7) is 11.7. The average molecular weight is 202 g/mol. The van der Waals surface area contributed by atoms with Gasteiger partial charge in [0.05, 0.1) is 0 Å². The first kappa shape index (κ1) is 13.4. The molecule has 0 saturated heterocycles. The summed E-state index contributed by atoms with van der Waals surface area (Å²) in [4.78, 5) is 0. The van der Waals surface area contributed by atoms with Crippen molar-refractivity contribution >= 4 is 12.6 Å². The first-order valence-corrected chi connectivity index (χ1v) is 6.24. The second-order valence-electron chi connectivity index (χ2n) is 4.81. The second-order valence-corrected chi connectivity index (χ2v) is 5.17. The van der Waals surface area contributed by atoms with Crippen LogP contribution in [0.15, 0.2) is 0 Å². The van der Waals surface area contributed by atoms with E-state index in [0.717, 1.165) is 17.6 Å². The van der Waals surface area contributed by atoms with Crippen LogP contribution in [0.3, 0.4) is 0 Å². The quantitative estimate of drug-likeness (QED) is 0.606. The van der Waals surface area contributed by atoms with Gasteiger partial charge in [-0.2, -0.15) is 12.6 Å². The van der Waals surface area contributed by atoms with Crippen LogP contribution < -0.4 is 0 Å². The highest BCUT2D eigenvalue weighted by molar-refractivity contribution is 7.80. The van der Waals surface area contributed by atoms with Gasteiger partial charge < -0.3 is 0 Å². The van der Waals surface area contributed by atoms with E-state index in [4.69, 9.17) is 0 Å². The third-order valence-electron chi connectivity index (χ3n) is 3.74. The Kier molecular flexibility index (Phi) is 6.11. The smallest absolute Gasteiger partial charge is 0.00719 e. The van der Waals surface area contributed by atoms with Crippen molar-refractivity contribution in [3.63, 3.8) is 0 Å². The van der Waals surface area contributed by atoms with E-state index in [1.807, 2.05) is 0 Å². The van der Waals surface area contributed by atoms with Gasteiger partial charge in [-0.1, -0.05) is 47.5 Å². The van der Waals surface area contributed by atoms with Gasteiger partial charge in [0.1, 0.15) is 0 Å². The van der Waals surface area contributed by atoms with Crippen LogP contribution in [0, 0.1) is 17.3 Å². The Bertz CT molecular complexity index is 133. The van der Waals surface area contributed by atoms with E-state index in [2.05, 4.69) is 47.2 Å². The molecule has 0 aromatic heterocycles. The molecule has 2 unspecified atom stereocenters. The number of thiol groups is 1. The van der Waals surface area contributed by atoms with Crippen LogP contribution in [0.4, 0.5) is 0 Å². The lowest BCUT2D eigenvalue weighted by Gasteiger charge is -2.36. The van der Waals surface area contributed by atoms with Crippen LogP contribution in [-0.2, 0) is 0 Å². The van der Waals surface area contributed by atoms with Crippen LogP contribution in [0.1, 0.15) is 53.9 Å². The molecule has 0 spiro atoms. The van der Waals surface area contributed by atoms with E-state index >= 15 is 0 Å². The van der Waals surface area contributed by atoms with Gasteiger partial charge in [-0.05, 0) is 29.4 Å². The van der Waals surface area contributed by atoms with Crippen molar-refractivity contribution < 1.29 is 0 Å². The third kappa shape index (κ3) is 3.93. The zero-order valence-corrected chi connectivity index (χ0v) is 10.8. The predicted octanol–water partition coefficient (Wildman–Crippen LogP) is 4.40. The molecule has 0 bridgehead atoms. The SMILES string of the molecule is CCC(C)C(C)(CC)C[C@@H](C)CS. The van der Waals surface area contributed by atoms with Crippen LogP contribution in [-0.4, -0.2) is 5.75 Å². The van der Waals surface area contributed by atoms with Crippen molar-refractivity contribution in [3.05, 3.63) is 0 Å². The van der Waals surface area contributed by atoms with Crippen molar-refractivity contribution in [2.45, 2.75) is 53.9 Å². The topological polar surface area (TPSA) is 0 Å². The average Bonchev–Trinajstić information content (AvgIpc) is 2.15.